The first-order valence-corrected chi connectivity index (χ1v) is 12.7. The summed E-state index contributed by atoms with van der Waals surface area (Å²) in [5, 5.41) is 6.30. The van der Waals surface area contributed by atoms with E-state index in [0.717, 1.165) is 54.0 Å². The number of fused-ring (bicyclic) bond motifs is 3. The Hall–Kier alpha value is -3.04. The number of aromatic nitrogens is 3. The fourth-order valence-corrected chi connectivity index (χ4v) is 5.06. The highest BCUT2D eigenvalue weighted by Gasteiger charge is 2.18. The van der Waals surface area contributed by atoms with Crippen LogP contribution in [0.15, 0.2) is 47.4 Å². The molecule has 0 fully saturated rings. The minimum absolute atomic E-state index is 0.0227. The van der Waals surface area contributed by atoms with E-state index in [2.05, 4.69) is 16.5 Å². The largest absolute Gasteiger partial charge is 0.382 e. The van der Waals surface area contributed by atoms with Crippen LogP contribution < -0.4 is 10.9 Å². The molecule has 0 aliphatic carbocycles. The van der Waals surface area contributed by atoms with Crippen LogP contribution >= 0.6 is 0 Å². The van der Waals surface area contributed by atoms with Gasteiger partial charge in [-0.25, -0.2) is 27.9 Å². The summed E-state index contributed by atoms with van der Waals surface area (Å²) in [6, 6.07) is 11.5. The van der Waals surface area contributed by atoms with Gasteiger partial charge in [-0.2, -0.15) is 0 Å². The normalized spacial score (nSPS) is 12.1. The van der Waals surface area contributed by atoms with Gasteiger partial charge in [0.25, 0.3) is 0 Å². The molecule has 0 spiro atoms. The lowest BCUT2D eigenvalue weighted by molar-refractivity contribution is 0.579. The third-order valence-corrected chi connectivity index (χ3v) is 6.86. The summed E-state index contributed by atoms with van der Waals surface area (Å²) in [6.45, 7) is 2.82. The van der Waals surface area contributed by atoms with E-state index < -0.39 is 15.8 Å². The first-order chi connectivity index (χ1) is 15.8. The lowest BCUT2D eigenvalue weighted by Gasteiger charge is -2.12. The Morgan fingerprint density at radius 2 is 1.82 bits per heavy atom. The lowest BCUT2D eigenvalue weighted by atomic mass is 10.1. The van der Waals surface area contributed by atoms with Gasteiger partial charge in [-0.1, -0.05) is 31.5 Å². The summed E-state index contributed by atoms with van der Waals surface area (Å²) >= 11 is 0. The molecule has 0 aliphatic heterocycles. The molecule has 33 heavy (non-hydrogen) atoms. The minimum atomic E-state index is -3.91. The number of primary sulfonamides is 1. The number of nitrogens with two attached hydrogens (primary N) is 2. The summed E-state index contributed by atoms with van der Waals surface area (Å²) < 4.78 is 39.7. The Morgan fingerprint density at radius 3 is 2.58 bits per heavy atom. The van der Waals surface area contributed by atoms with Gasteiger partial charge in [-0.3, -0.25) is 0 Å². The minimum Gasteiger partial charge on any atom is -0.382 e. The van der Waals surface area contributed by atoms with Gasteiger partial charge >= 0.3 is 0 Å². The number of sulfonamides is 1. The van der Waals surface area contributed by atoms with Gasteiger partial charge in [0.05, 0.1) is 15.9 Å². The van der Waals surface area contributed by atoms with Crippen molar-refractivity contribution in [3.8, 4) is 0 Å². The Bertz CT molecular complexity index is 1420. The maximum atomic E-state index is 13.7. The molecule has 0 saturated carbocycles. The summed E-state index contributed by atoms with van der Waals surface area (Å²) in [4.78, 5) is 9.32. The van der Waals surface area contributed by atoms with E-state index in [9.17, 15) is 12.8 Å². The van der Waals surface area contributed by atoms with Crippen molar-refractivity contribution in [2.45, 2.75) is 56.9 Å². The highest BCUT2D eigenvalue weighted by molar-refractivity contribution is 7.89. The van der Waals surface area contributed by atoms with Crippen molar-refractivity contribution in [2.24, 2.45) is 5.14 Å². The number of halogens is 1. The van der Waals surface area contributed by atoms with Crippen LogP contribution in [0.2, 0.25) is 0 Å². The number of hydrogen-bond donors (Lipinski definition) is 2. The van der Waals surface area contributed by atoms with E-state index in [-0.39, 0.29) is 4.90 Å². The van der Waals surface area contributed by atoms with Crippen LogP contribution in [-0.4, -0.2) is 23.0 Å². The van der Waals surface area contributed by atoms with Gasteiger partial charge in [0.2, 0.25) is 10.0 Å². The van der Waals surface area contributed by atoms with Gasteiger partial charge in [0.1, 0.15) is 17.2 Å². The number of nitrogens with zero attached hydrogens (tertiary/aromatic N) is 3. The number of unbranched alkanes of at least 4 members (excludes halogenated alkanes) is 2. The summed E-state index contributed by atoms with van der Waals surface area (Å²) in [5.74, 6) is 0.903. The third kappa shape index (κ3) is 4.84. The second kappa shape index (κ2) is 9.44. The van der Waals surface area contributed by atoms with Crippen molar-refractivity contribution in [2.75, 3.05) is 5.73 Å². The van der Waals surface area contributed by atoms with E-state index >= 15 is 0 Å². The SMILES string of the molecule is CCCCc1nc2c(N)nc3ccccc3c2n1CCCCc1cc(F)ccc1S(N)(=O)=O. The van der Waals surface area contributed by atoms with Crippen molar-refractivity contribution >= 4 is 37.8 Å². The number of anilines is 1. The van der Waals surface area contributed by atoms with Crippen LogP contribution in [0.4, 0.5) is 10.2 Å². The van der Waals surface area contributed by atoms with Crippen LogP contribution in [0.1, 0.15) is 44.0 Å². The van der Waals surface area contributed by atoms with Crippen molar-refractivity contribution in [1.29, 1.82) is 0 Å². The highest BCUT2D eigenvalue weighted by atomic mass is 32.2. The number of rotatable bonds is 9. The van der Waals surface area contributed by atoms with Gasteiger partial charge in [0.15, 0.2) is 5.82 Å². The molecule has 2 aromatic carbocycles. The number of hydrogen-bond acceptors (Lipinski definition) is 5. The predicted molar refractivity (Wildman–Crippen MR) is 129 cm³/mol. The van der Waals surface area contributed by atoms with Crippen molar-refractivity contribution in [3.63, 3.8) is 0 Å². The number of pyridine rings is 1. The summed E-state index contributed by atoms with van der Waals surface area (Å²) in [7, 11) is -3.91. The molecule has 2 heterocycles. The van der Waals surface area contributed by atoms with Gasteiger partial charge in [0, 0.05) is 18.4 Å². The molecule has 0 amide bonds. The average molecular weight is 470 g/mol. The van der Waals surface area contributed by atoms with Crippen LogP contribution in [0.3, 0.4) is 0 Å². The van der Waals surface area contributed by atoms with Gasteiger partial charge in [-0.05, 0) is 55.5 Å². The lowest BCUT2D eigenvalue weighted by Crippen LogP contribution is -2.15. The topological polar surface area (TPSA) is 117 Å². The maximum absolute atomic E-state index is 13.7. The van der Waals surface area contributed by atoms with E-state index in [1.54, 1.807) is 0 Å². The molecule has 174 valence electrons. The summed E-state index contributed by atoms with van der Waals surface area (Å²) in [6.07, 6.45) is 4.71. The van der Waals surface area contributed by atoms with E-state index in [0.29, 0.717) is 36.3 Å². The van der Waals surface area contributed by atoms with Crippen LogP contribution in [0.25, 0.3) is 21.9 Å². The molecule has 4 rings (SSSR count). The average Bonchev–Trinajstić information content (AvgIpc) is 3.14. The zero-order valence-corrected chi connectivity index (χ0v) is 19.4. The molecular formula is C24H28FN5O2S. The number of benzene rings is 2. The molecule has 0 aliphatic rings. The van der Waals surface area contributed by atoms with Gasteiger partial charge < -0.3 is 10.3 Å². The monoisotopic (exact) mass is 469 g/mol. The molecule has 0 saturated heterocycles. The van der Waals surface area contributed by atoms with Crippen molar-refractivity contribution in [3.05, 3.63) is 59.7 Å². The number of nitrogen functional groups attached to an aromatic ring is 1. The Balaban J connectivity index is 1.63. The fourth-order valence-electron chi connectivity index (χ4n) is 4.28. The molecular weight excluding hydrogens is 441 g/mol. The number of aryl methyl sites for hydroxylation is 3. The first kappa shape index (κ1) is 23.1. The van der Waals surface area contributed by atoms with Gasteiger partial charge in [-0.15, -0.1) is 0 Å². The second-order valence-electron chi connectivity index (χ2n) is 8.25. The maximum Gasteiger partial charge on any atom is 0.238 e. The molecule has 2 aromatic heterocycles. The third-order valence-electron chi connectivity index (χ3n) is 5.85. The number of imidazole rings is 1. The van der Waals surface area contributed by atoms with E-state index in [1.807, 2.05) is 24.3 Å². The van der Waals surface area contributed by atoms with E-state index in [4.69, 9.17) is 15.9 Å². The molecule has 0 unspecified atom stereocenters. The molecule has 7 nitrogen and oxygen atoms in total. The van der Waals surface area contributed by atoms with Crippen LogP contribution in [-0.2, 0) is 29.4 Å². The molecule has 9 heteroatoms. The van der Waals surface area contributed by atoms with Crippen LogP contribution in [0, 0.1) is 5.82 Å². The van der Waals surface area contributed by atoms with Crippen molar-refractivity contribution in [1.82, 2.24) is 14.5 Å². The predicted octanol–water partition coefficient (Wildman–Crippen LogP) is 4.32. The highest BCUT2D eigenvalue weighted by Crippen LogP contribution is 2.30. The molecule has 4 N–H and O–H groups in total. The molecule has 0 atom stereocenters. The Kier molecular flexibility index (Phi) is 6.62. The standard InChI is InChI=1S/C24H28FN5O2S/c1-2-3-11-21-29-22-23(18-9-4-5-10-19(18)28-24(22)26)30(21)14-7-6-8-16-15-17(25)12-13-20(16)33(27,31)32/h4-5,9-10,12-13,15H,2-3,6-8,11,14H2,1H3,(H2,26,28)(H2,27,31,32). The quantitative estimate of drug-likeness (QED) is 0.354. The van der Waals surface area contributed by atoms with Crippen molar-refractivity contribution < 1.29 is 12.8 Å². The molecule has 0 radical (unpaired) electrons. The summed E-state index contributed by atoms with van der Waals surface area (Å²) in [5.41, 5.74) is 9.15. The molecule has 4 aromatic rings. The Morgan fingerprint density at radius 1 is 1.03 bits per heavy atom. The zero-order chi connectivity index (χ0) is 23.6. The Labute approximate surface area is 192 Å². The first-order valence-electron chi connectivity index (χ1n) is 11.1. The second-order valence-corrected chi connectivity index (χ2v) is 9.78. The van der Waals surface area contributed by atoms with Crippen LogP contribution in [0.5, 0.6) is 0 Å². The number of para-hydroxylation sites is 1. The molecule has 0 bridgehead atoms. The van der Waals surface area contributed by atoms with E-state index in [1.165, 1.54) is 12.1 Å². The fraction of sp³-hybridized carbons (Fsp3) is 0.333. The zero-order valence-electron chi connectivity index (χ0n) is 18.6. The smallest absolute Gasteiger partial charge is 0.238 e.